The Bertz CT molecular complexity index is 188. The predicted octanol–water partition coefficient (Wildman–Crippen LogP) is 0.960. The average Bonchev–Trinajstić information content (AvgIpc) is 2.56. The molecule has 0 radical (unpaired) electrons. The second-order valence-corrected chi connectivity index (χ2v) is 3.99. The van der Waals surface area contributed by atoms with Crippen LogP contribution in [0.1, 0.15) is 26.7 Å². The van der Waals surface area contributed by atoms with Crippen molar-refractivity contribution in [2.24, 2.45) is 0 Å². The quantitative estimate of drug-likeness (QED) is 0.719. The normalized spacial score (nSPS) is 22.1. The smallest absolute Gasteiger partial charge is 0.304 e. The summed E-state index contributed by atoms with van der Waals surface area (Å²) in [7, 11) is 0. The van der Waals surface area contributed by atoms with Crippen molar-refractivity contribution in [1.29, 1.82) is 0 Å². The number of carboxylic acids is 1. The van der Waals surface area contributed by atoms with Crippen molar-refractivity contribution < 1.29 is 14.6 Å². The lowest BCUT2D eigenvalue weighted by Gasteiger charge is -2.31. The molecule has 14 heavy (non-hydrogen) atoms. The van der Waals surface area contributed by atoms with Gasteiger partial charge in [0.05, 0.1) is 13.0 Å². The van der Waals surface area contributed by atoms with E-state index in [-0.39, 0.29) is 6.42 Å². The van der Waals surface area contributed by atoms with Gasteiger partial charge in [0.15, 0.2) is 0 Å². The van der Waals surface area contributed by atoms with Crippen LogP contribution in [0.4, 0.5) is 0 Å². The molecule has 0 aromatic carbocycles. The Morgan fingerprint density at radius 2 is 2.36 bits per heavy atom. The van der Waals surface area contributed by atoms with Crippen molar-refractivity contribution >= 4 is 5.97 Å². The Balaban J connectivity index is 2.41. The van der Waals surface area contributed by atoms with Crippen molar-refractivity contribution in [3.63, 3.8) is 0 Å². The summed E-state index contributed by atoms with van der Waals surface area (Å²) in [5.41, 5.74) is 0. The number of hydrogen-bond donors (Lipinski definition) is 1. The molecule has 1 heterocycles. The van der Waals surface area contributed by atoms with Gasteiger partial charge in [-0.2, -0.15) is 0 Å². The van der Waals surface area contributed by atoms with E-state index in [1.165, 1.54) is 0 Å². The number of nitrogens with zero attached hydrogens (tertiary/aromatic N) is 1. The molecule has 0 amide bonds. The Kier molecular flexibility index (Phi) is 4.35. The third kappa shape index (κ3) is 3.27. The van der Waals surface area contributed by atoms with Gasteiger partial charge in [-0.05, 0) is 20.3 Å². The summed E-state index contributed by atoms with van der Waals surface area (Å²) in [4.78, 5) is 12.7. The molecule has 4 heteroatoms. The standard InChI is InChI=1S/C10H19NO3/c1-8(2)11(5-3-10(12)13)9-4-6-14-7-9/h8-9H,3-7H2,1-2H3,(H,12,13). The zero-order valence-corrected chi connectivity index (χ0v) is 8.90. The third-order valence-corrected chi connectivity index (χ3v) is 2.62. The van der Waals surface area contributed by atoms with E-state index in [0.717, 1.165) is 19.6 Å². The zero-order chi connectivity index (χ0) is 10.6. The SMILES string of the molecule is CC(C)N(CCC(=O)O)C1CCOC1. The Hall–Kier alpha value is -0.610. The van der Waals surface area contributed by atoms with Gasteiger partial charge in [-0.25, -0.2) is 0 Å². The molecule has 82 valence electrons. The first-order valence-electron chi connectivity index (χ1n) is 5.16. The van der Waals surface area contributed by atoms with E-state index in [2.05, 4.69) is 18.7 Å². The Labute approximate surface area is 84.8 Å². The molecule has 1 aliphatic rings. The highest BCUT2D eigenvalue weighted by Crippen LogP contribution is 2.15. The number of aliphatic carboxylic acids is 1. The third-order valence-electron chi connectivity index (χ3n) is 2.62. The van der Waals surface area contributed by atoms with Crippen LogP contribution in [0.25, 0.3) is 0 Å². The molecule has 1 atom stereocenters. The van der Waals surface area contributed by atoms with Crippen LogP contribution in [0, 0.1) is 0 Å². The fourth-order valence-corrected chi connectivity index (χ4v) is 1.87. The molecule has 0 aromatic heterocycles. The molecule has 0 aliphatic carbocycles. The molecule has 1 unspecified atom stereocenters. The minimum absolute atomic E-state index is 0.217. The van der Waals surface area contributed by atoms with Crippen LogP contribution in [0.2, 0.25) is 0 Å². The summed E-state index contributed by atoms with van der Waals surface area (Å²) in [6.45, 7) is 6.38. The maximum atomic E-state index is 10.5. The lowest BCUT2D eigenvalue weighted by Crippen LogP contribution is -2.42. The molecule has 0 saturated carbocycles. The first-order valence-corrected chi connectivity index (χ1v) is 5.16. The van der Waals surface area contributed by atoms with Crippen LogP contribution in [0.15, 0.2) is 0 Å². The van der Waals surface area contributed by atoms with E-state index < -0.39 is 5.97 Å². The van der Waals surface area contributed by atoms with Crippen LogP contribution in [-0.4, -0.2) is 47.8 Å². The van der Waals surface area contributed by atoms with Gasteiger partial charge in [-0.1, -0.05) is 0 Å². The van der Waals surface area contributed by atoms with Crippen LogP contribution >= 0.6 is 0 Å². The summed E-state index contributed by atoms with van der Waals surface area (Å²) < 4.78 is 5.31. The highest BCUT2D eigenvalue weighted by molar-refractivity contribution is 5.66. The molecule has 0 aromatic rings. The lowest BCUT2D eigenvalue weighted by atomic mass is 10.1. The molecule has 1 fully saturated rings. The first-order chi connectivity index (χ1) is 6.61. The molecular weight excluding hydrogens is 182 g/mol. The summed E-state index contributed by atoms with van der Waals surface area (Å²) in [6.07, 6.45) is 1.24. The van der Waals surface area contributed by atoms with E-state index in [1.807, 2.05) is 0 Å². The van der Waals surface area contributed by atoms with E-state index in [9.17, 15) is 4.79 Å². The molecule has 1 N–H and O–H groups in total. The zero-order valence-electron chi connectivity index (χ0n) is 8.90. The number of carboxylic acid groups (broad SMARTS) is 1. The molecule has 1 rings (SSSR count). The van der Waals surface area contributed by atoms with Crippen molar-refractivity contribution in [1.82, 2.24) is 4.90 Å². The van der Waals surface area contributed by atoms with Gasteiger partial charge in [0.25, 0.3) is 0 Å². The van der Waals surface area contributed by atoms with E-state index in [1.54, 1.807) is 0 Å². The monoisotopic (exact) mass is 201 g/mol. The first kappa shape index (κ1) is 11.5. The predicted molar refractivity (Wildman–Crippen MR) is 53.3 cm³/mol. The van der Waals surface area contributed by atoms with Gasteiger partial charge < -0.3 is 9.84 Å². The van der Waals surface area contributed by atoms with Gasteiger partial charge in [-0.3, -0.25) is 9.69 Å². The summed E-state index contributed by atoms with van der Waals surface area (Å²) in [5.74, 6) is -0.727. The van der Waals surface area contributed by atoms with Crippen molar-refractivity contribution in [3.05, 3.63) is 0 Å². The highest BCUT2D eigenvalue weighted by atomic mass is 16.5. The van der Waals surface area contributed by atoms with Gasteiger partial charge >= 0.3 is 5.97 Å². The van der Waals surface area contributed by atoms with Gasteiger partial charge in [0.1, 0.15) is 0 Å². The second-order valence-electron chi connectivity index (χ2n) is 3.99. The van der Waals surface area contributed by atoms with Crippen LogP contribution < -0.4 is 0 Å². The molecule has 4 nitrogen and oxygen atoms in total. The number of rotatable bonds is 5. The van der Waals surface area contributed by atoms with E-state index >= 15 is 0 Å². The van der Waals surface area contributed by atoms with E-state index in [4.69, 9.17) is 9.84 Å². The van der Waals surface area contributed by atoms with Crippen LogP contribution in [-0.2, 0) is 9.53 Å². The fraction of sp³-hybridized carbons (Fsp3) is 0.900. The Morgan fingerprint density at radius 1 is 1.64 bits per heavy atom. The summed E-state index contributed by atoms with van der Waals surface area (Å²) in [5, 5.41) is 8.63. The maximum absolute atomic E-state index is 10.5. The summed E-state index contributed by atoms with van der Waals surface area (Å²) >= 11 is 0. The maximum Gasteiger partial charge on any atom is 0.304 e. The minimum atomic E-state index is -0.727. The van der Waals surface area contributed by atoms with E-state index in [0.29, 0.717) is 18.6 Å². The minimum Gasteiger partial charge on any atom is -0.481 e. The van der Waals surface area contributed by atoms with Crippen LogP contribution in [0.5, 0.6) is 0 Å². The number of hydrogen-bond acceptors (Lipinski definition) is 3. The fourth-order valence-electron chi connectivity index (χ4n) is 1.87. The second kappa shape index (κ2) is 5.32. The molecular formula is C10H19NO3. The summed E-state index contributed by atoms with van der Waals surface area (Å²) in [6, 6.07) is 0.801. The largest absolute Gasteiger partial charge is 0.481 e. The highest BCUT2D eigenvalue weighted by Gasteiger charge is 2.25. The van der Waals surface area contributed by atoms with Crippen molar-refractivity contribution in [3.8, 4) is 0 Å². The van der Waals surface area contributed by atoms with Crippen LogP contribution in [0.3, 0.4) is 0 Å². The van der Waals surface area contributed by atoms with Gasteiger partial charge in [0, 0.05) is 25.2 Å². The van der Waals surface area contributed by atoms with Gasteiger partial charge in [-0.15, -0.1) is 0 Å². The molecule has 0 spiro atoms. The molecule has 0 bridgehead atoms. The molecule has 1 aliphatic heterocycles. The lowest BCUT2D eigenvalue weighted by molar-refractivity contribution is -0.137. The average molecular weight is 201 g/mol. The van der Waals surface area contributed by atoms with Crippen molar-refractivity contribution in [2.75, 3.05) is 19.8 Å². The topological polar surface area (TPSA) is 49.8 Å². The van der Waals surface area contributed by atoms with Gasteiger partial charge in [0.2, 0.25) is 0 Å². The Morgan fingerprint density at radius 3 is 2.79 bits per heavy atom. The molecule has 1 saturated heterocycles. The number of ether oxygens (including phenoxy) is 1. The van der Waals surface area contributed by atoms with Crippen molar-refractivity contribution in [2.45, 2.75) is 38.8 Å². The number of carbonyl (C=O) groups is 1.